The summed E-state index contributed by atoms with van der Waals surface area (Å²) in [6, 6.07) is 7.47. The van der Waals surface area contributed by atoms with Gasteiger partial charge in [-0.3, -0.25) is 0 Å². The topological polar surface area (TPSA) is 46.6 Å². The molecule has 0 spiro atoms. The highest BCUT2D eigenvalue weighted by Gasteiger charge is 2.19. The summed E-state index contributed by atoms with van der Waals surface area (Å²) in [5.41, 5.74) is 1.06. The molecule has 0 aliphatic carbocycles. The molecule has 1 aromatic carbocycles. The summed E-state index contributed by atoms with van der Waals surface area (Å²) in [5, 5.41) is 0. The van der Waals surface area contributed by atoms with Crippen LogP contribution in [0.3, 0.4) is 0 Å². The average Bonchev–Trinajstić information content (AvgIpc) is 2.39. The normalized spacial score (nSPS) is 21.0. The number of nitrogens with zero attached hydrogens (tertiary/aromatic N) is 1. The van der Waals surface area contributed by atoms with Crippen molar-refractivity contribution < 1.29 is 13.2 Å². The molecule has 100 valence electrons. The van der Waals surface area contributed by atoms with Crippen LogP contribution in [0.25, 0.3) is 0 Å². The van der Waals surface area contributed by atoms with Crippen LogP contribution in [0.2, 0.25) is 0 Å². The standard InChI is InChI=1S/C13H19NO3S/c1-3-18(15,16)13-6-4-12(5-7-13)14-8-9-17-10-11(14)2/h4-7,11H,3,8-10H2,1-2H3/t11-/m0/s1. The molecule has 18 heavy (non-hydrogen) atoms. The van der Waals surface area contributed by atoms with E-state index in [0.717, 1.165) is 25.4 Å². The number of benzene rings is 1. The smallest absolute Gasteiger partial charge is 0.178 e. The number of hydrogen-bond donors (Lipinski definition) is 0. The van der Waals surface area contributed by atoms with Crippen molar-refractivity contribution in [2.24, 2.45) is 0 Å². The summed E-state index contributed by atoms with van der Waals surface area (Å²) in [6.45, 7) is 6.05. The fourth-order valence-corrected chi connectivity index (χ4v) is 3.01. The minimum atomic E-state index is -3.10. The van der Waals surface area contributed by atoms with Gasteiger partial charge in [0.2, 0.25) is 0 Å². The molecule has 0 bridgehead atoms. The molecule has 0 aromatic heterocycles. The molecule has 1 fully saturated rings. The Hall–Kier alpha value is -1.07. The van der Waals surface area contributed by atoms with E-state index in [2.05, 4.69) is 11.8 Å². The lowest BCUT2D eigenvalue weighted by Crippen LogP contribution is -2.43. The van der Waals surface area contributed by atoms with Crippen LogP contribution in [0.5, 0.6) is 0 Å². The molecule has 1 atom stereocenters. The van der Waals surface area contributed by atoms with Gasteiger partial charge in [0.1, 0.15) is 0 Å². The first-order chi connectivity index (χ1) is 8.54. The quantitative estimate of drug-likeness (QED) is 0.838. The Morgan fingerprint density at radius 3 is 2.56 bits per heavy atom. The predicted octanol–water partition coefficient (Wildman–Crippen LogP) is 1.71. The fourth-order valence-electron chi connectivity index (χ4n) is 2.12. The maximum absolute atomic E-state index is 11.7. The summed E-state index contributed by atoms with van der Waals surface area (Å²) in [7, 11) is -3.10. The van der Waals surface area contributed by atoms with Crippen molar-refractivity contribution in [3.63, 3.8) is 0 Å². The van der Waals surface area contributed by atoms with E-state index in [0.29, 0.717) is 10.9 Å². The van der Waals surface area contributed by atoms with Crippen LogP contribution in [0.15, 0.2) is 29.2 Å². The van der Waals surface area contributed by atoms with Crippen molar-refractivity contribution >= 4 is 15.5 Å². The zero-order valence-electron chi connectivity index (χ0n) is 10.8. The lowest BCUT2D eigenvalue weighted by Gasteiger charge is -2.35. The lowest BCUT2D eigenvalue weighted by atomic mass is 10.2. The molecule has 0 N–H and O–H groups in total. The first kappa shape index (κ1) is 13.4. The van der Waals surface area contributed by atoms with E-state index in [4.69, 9.17) is 4.74 Å². The minimum absolute atomic E-state index is 0.139. The number of morpholine rings is 1. The SMILES string of the molecule is CCS(=O)(=O)c1ccc(N2CCOC[C@@H]2C)cc1. The molecule has 1 heterocycles. The zero-order chi connectivity index (χ0) is 13.2. The van der Waals surface area contributed by atoms with Crippen LogP contribution < -0.4 is 4.90 Å². The highest BCUT2D eigenvalue weighted by molar-refractivity contribution is 7.91. The Bertz CT molecular complexity index is 495. The van der Waals surface area contributed by atoms with Gasteiger partial charge in [0.15, 0.2) is 9.84 Å². The maximum Gasteiger partial charge on any atom is 0.178 e. The van der Waals surface area contributed by atoms with Crippen LogP contribution in [0, 0.1) is 0 Å². The number of ether oxygens (including phenoxy) is 1. The molecule has 1 saturated heterocycles. The number of sulfone groups is 1. The van der Waals surface area contributed by atoms with E-state index in [-0.39, 0.29) is 5.75 Å². The van der Waals surface area contributed by atoms with Gasteiger partial charge in [-0.15, -0.1) is 0 Å². The summed E-state index contributed by atoms with van der Waals surface area (Å²) in [6.07, 6.45) is 0. The van der Waals surface area contributed by atoms with Crippen LogP contribution in [-0.4, -0.2) is 40.0 Å². The molecule has 4 nitrogen and oxygen atoms in total. The number of anilines is 1. The Labute approximate surface area is 108 Å². The number of rotatable bonds is 3. The van der Waals surface area contributed by atoms with Crippen molar-refractivity contribution in [1.82, 2.24) is 0 Å². The van der Waals surface area contributed by atoms with E-state index in [9.17, 15) is 8.42 Å². The molecule has 2 rings (SSSR count). The third-order valence-electron chi connectivity index (χ3n) is 3.28. The number of hydrogen-bond acceptors (Lipinski definition) is 4. The first-order valence-electron chi connectivity index (χ1n) is 6.22. The third-order valence-corrected chi connectivity index (χ3v) is 5.03. The van der Waals surface area contributed by atoms with Crippen molar-refractivity contribution in [3.05, 3.63) is 24.3 Å². The summed E-state index contributed by atoms with van der Waals surface area (Å²) in [5.74, 6) is 0.139. The maximum atomic E-state index is 11.7. The molecule has 1 aromatic rings. The van der Waals surface area contributed by atoms with Gasteiger partial charge in [-0.1, -0.05) is 6.92 Å². The second-order valence-electron chi connectivity index (χ2n) is 4.51. The van der Waals surface area contributed by atoms with Crippen LogP contribution in [-0.2, 0) is 14.6 Å². The van der Waals surface area contributed by atoms with Crippen molar-refractivity contribution in [2.75, 3.05) is 30.4 Å². The van der Waals surface area contributed by atoms with Crippen molar-refractivity contribution in [2.45, 2.75) is 24.8 Å². The Morgan fingerprint density at radius 2 is 2.00 bits per heavy atom. The Kier molecular flexibility index (Phi) is 3.92. The van der Waals surface area contributed by atoms with Gasteiger partial charge < -0.3 is 9.64 Å². The zero-order valence-corrected chi connectivity index (χ0v) is 11.6. The molecular formula is C13H19NO3S. The Morgan fingerprint density at radius 1 is 1.33 bits per heavy atom. The summed E-state index contributed by atoms with van der Waals surface area (Å²) < 4.78 is 28.8. The summed E-state index contributed by atoms with van der Waals surface area (Å²) >= 11 is 0. The highest BCUT2D eigenvalue weighted by Crippen LogP contribution is 2.22. The van der Waals surface area contributed by atoms with Gasteiger partial charge in [0.05, 0.1) is 23.9 Å². The Balaban J connectivity index is 2.22. The van der Waals surface area contributed by atoms with Crippen molar-refractivity contribution in [3.8, 4) is 0 Å². The highest BCUT2D eigenvalue weighted by atomic mass is 32.2. The van der Waals surface area contributed by atoms with Crippen LogP contribution in [0.1, 0.15) is 13.8 Å². The van der Waals surface area contributed by atoms with E-state index in [1.165, 1.54) is 0 Å². The van der Waals surface area contributed by atoms with Gasteiger partial charge in [0.25, 0.3) is 0 Å². The second kappa shape index (κ2) is 5.28. The monoisotopic (exact) mass is 269 g/mol. The average molecular weight is 269 g/mol. The van der Waals surface area contributed by atoms with Gasteiger partial charge in [-0.05, 0) is 31.2 Å². The molecule has 0 radical (unpaired) electrons. The molecule has 5 heteroatoms. The van der Waals surface area contributed by atoms with Gasteiger partial charge in [0, 0.05) is 18.3 Å². The van der Waals surface area contributed by atoms with Gasteiger partial charge in [-0.25, -0.2) is 8.42 Å². The van der Waals surface area contributed by atoms with E-state index in [1.54, 1.807) is 19.1 Å². The first-order valence-corrected chi connectivity index (χ1v) is 7.87. The van der Waals surface area contributed by atoms with E-state index >= 15 is 0 Å². The molecule has 0 unspecified atom stereocenters. The molecule has 1 aliphatic rings. The van der Waals surface area contributed by atoms with Crippen LogP contribution in [0.4, 0.5) is 5.69 Å². The van der Waals surface area contributed by atoms with E-state index in [1.807, 2.05) is 12.1 Å². The minimum Gasteiger partial charge on any atom is -0.377 e. The van der Waals surface area contributed by atoms with E-state index < -0.39 is 9.84 Å². The van der Waals surface area contributed by atoms with Gasteiger partial charge >= 0.3 is 0 Å². The predicted molar refractivity (Wildman–Crippen MR) is 71.8 cm³/mol. The lowest BCUT2D eigenvalue weighted by molar-refractivity contribution is 0.0989. The van der Waals surface area contributed by atoms with Crippen LogP contribution >= 0.6 is 0 Å². The van der Waals surface area contributed by atoms with Gasteiger partial charge in [-0.2, -0.15) is 0 Å². The molecule has 1 aliphatic heterocycles. The molecule has 0 saturated carbocycles. The largest absolute Gasteiger partial charge is 0.377 e. The summed E-state index contributed by atoms with van der Waals surface area (Å²) in [4.78, 5) is 2.64. The fraction of sp³-hybridized carbons (Fsp3) is 0.538. The second-order valence-corrected chi connectivity index (χ2v) is 6.79. The van der Waals surface area contributed by atoms with Crippen molar-refractivity contribution in [1.29, 1.82) is 0 Å². The molecule has 0 amide bonds. The molecular weight excluding hydrogens is 250 g/mol. The third kappa shape index (κ3) is 2.67.